The molecule has 0 N–H and O–H groups in total. The van der Waals surface area contributed by atoms with Gasteiger partial charge in [-0.2, -0.15) is 0 Å². The van der Waals surface area contributed by atoms with Gasteiger partial charge in [-0.15, -0.1) is 0 Å². The summed E-state index contributed by atoms with van der Waals surface area (Å²) in [6.07, 6.45) is 1.24. The first-order chi connectivity index (χ1) is 9.56. The van der Waals surface area contributed by atoms with Crippen LogP contribution in [-0.4, -0.2) is 18.0 Å². The zero-order valence-electron chi connectivity index (χ0n) is 12.0. The molecule has 0 aliphatic heterocycles. The molecule has 0 saturated carbocycles. The molecule has 0 bridgehead atoms. The molecule has 1 aromatic carbocycles. The van der Waals surface area contributed by atoms with Gasteiger partial charge in [0.2, 0.25) is 5.78 Å². The van der Waals surface area contributed by atoms with Crippen molar-refractivity contribution in [2.24, 2.45) is 0 Å². The normalized spacial score (nSPS) is 12.0. The number of rotatable bonds is 6. The molecule has 0 unspecified atom stereocenters. The maximum absolute atomic E-state index is 12.7. The zero-order chi connectivity index (χ0) is 14.8. The van der Waals surface area contributed by atoms with Crippen LogP contribution in [0.5, 0.6) is 0 Å². The zero-order valence-corrected chi connectivity index (χ0v) is 12.8. The Morgan fingerprint density at radius 2 is 1.95 bits per heavy atom. The van der Waals surface area contributed by atoms with E-state index in [-0.39, 0.29) is 5.78 Å². The Kier molecular flexibility index (Phi) is 4.51. The molecule has 2 aromatic rings. The molecule has 3 nitrogen and oxygen atoms in total. The van der Waals surface area contributed by atoms with Gasteiger partial charge in [0.25, 0.3) is 0 Å². The van der Waals surface area contributed by atoms with E-state index in [1.807, 2.05) is 20.8 Å². The lowest BCUT2D eigenvalue weighted by Crippen LogP contribution is -2.40. The van der Waals surface area contributed by atoms with Crippen LogP contribution in [0, 0.1) is 0 Å². The summed E-state index contributed by atoms with van der Waals surface area (Å²) in [7, 11) is 0. The summed E-state index contributed by atoms with van der Waals surface area (Å²) >= 11 is 5.95. The fourth-order valence-electron chi connectivity index (χ4n) is 2.47. The van der Waals surface area contributed by atoms with Crippen molar-refractivity contribution in [1.82, 2.24) is 0 Å². The van der Waals surface area contributed by atoms with E-state index in [1.54, 1.807) is 24.3 Å². The quantitative estimate of drug-likeness (QED) is 0.714. The number of Topliss-reactive ketones (excluding diaryl/α,β-unsaturated/α-hetero) is 1. The Morgan fingerprint density at radius 3 is 2.55 bits per heavy atom. The minimum absolute atomic E-state index is 0.100. The first-order valence-corrected chi connectivity index (χ1v) is 7.32. The van der Waals surface area contributed by atoms with Gasteiger partial charge < -0.3 is 9.15 Å². The predicted molar refractivity (Wildman–Crippen MR) is 80.5 cm³/mol. The smallest absolute Gasteiger partial charge is 0.229 e. The highest BCUT2D eigenvalue weighted by molar-refractivity contribution is 6.31. The number of hydrogen-bond acceptors (Lipinski definition) is 3. The number of halogens is 1. The van der Waals surface area contributed by atoms with Gasteiger partial charge in [0, 0.05) is 17.0 Å². The largest absolute Gasteiger partial charge is 0.453 e. The number of ketones is 1. The van der Waals surface area contributed by atoms with Gasteiger partial charge in [-0.25, -0.2) is 0 Å². The Morgan fingerprint density at radius 1 is 1.25 bits per heavy atom. The van der Waals surface area contributed by atoms with E-state index in [0.717, 1.165) is 5.39 Å². The highest BCUT2D eigenvalue weighted by atomic mass is 35.5. The Hall–Kier alpha value is -1.32. The molecule has 0 radical (unpaired) electrons. The van der Waals surface area contributed by atoms with Gasteiger partial charge in [-0.1, -0.05) is 25.4 Å². The van der Waals surface area contributed by atoms with Crippen LogP contribution in [0.3, 0.4) is 0 Å². The maximum Gasteiger partial charge on any atom is 0.229 e. The first-order valence-electron chi connectivity index (χ1n) is 6.94. The SMILES string of the molecule is CCOC(CC)(CC)C(=O)c1cc2cc(Cl)ccc2o1. The molecule has 20 heavy (non-hydrogen) atoms. The highest BCUT2D eigenvalue weighted by Gasteiger charge is 2.38. The molecule has 0 amide bonds. The van der Waals surface area contributed by atoms with Crippen molar-refractivity contribution < 1.29 is 13.9 Å². The number of benzene rings is 1. The number of fused-ring (bicyclic) bond motifs is 1. The Balaban J connectivity index is 2.43. The standard InChI is InChI=1S/C16H19ClO3/c1-4-16(5-2,19-6-3)15(18)14-10-11-9-12(17)7-8-13(11)20-14/h7-10H,4-6H2,1-3H3. The second kappa shape index (κ2) is 5.98. The molecular formula is C16H19ClO3. The van der Waals surface area contributed by atoms with Crippen molar-refractivity contribution >= 4 is 28.4 Å². The van der Waals surface area contributed by atoms with E-state index in [4.69, 9.17) is 20.8 Å². The van der Waals surface area contributed by atoms with E-state index in [0.29, 0.717) is 35.8 Å². The maximum atomic E-state index is 12.7. The molecule has 1 aromatic heterocycles. The molecule has 0 spiro atoms. The van der Waals surface area contributed by atoms with Gasteiger partial charge >= 0.3 is 0 Å². The summed E-state index contributed by atoms with van der Waals surface area (Å²) in [5.41, 5.74) is -0.137. The van der Waals surface area contributed by atoms with Crippen molar-refractivity contribution in [3.05, 3.63) is 35.0 Å². The lowest BCUT2D eigenvalue weighted by molar-refractivity contribution is -0.0265. The molecule has 1 heterocycles. The highest BCUT2D eigenvalue weighted by Crippen LogP contribution is 2.30. The predicted octanol–water partition coefficient (Wildman–Crippen LogP) is 4.86. The number of carbonyl (C=O) groups is 1. The Labute approximate surface area is 123 Å². The number of hydrogen-bond donors (Lipinski definition) is 0. The van der Waals surface area contributed by atoms with Gasteiger partial charge in [-0.05, 0) is 44.0 Å². The molecule has 0 fully saturated rings. The summed E-state index contributed by atoms with van der Waals surface area (Å²) in [4.78, 5) is 12.7. The van der Waals surface area contributed by atoms with Gasteiger partial charge in [0.1, 0.15) is 11.2 Å². The summed E-state index contributed by atoms with van der Waals surface area (Å²) in [6, 6.07) is 7.05. The fraction of sp³-hybridized carbons (Fsp3) is 0.438. The summed E-state index contributed by atoms with van der Waals surface area (Å²) in [5, 5.41) is 1.46. The number of ether oxygens (including phenoxy) is 1. The molecular weight excluding hydrogens is 276 g/mol. The summed E-state index contributed by atoms with van der Waals surface area (Å²) < 4.78 is 11.4. The molecule has 4 heteroatoms. The topological polar surface area (TPSA) is 39.4 Å². The van der Waals surface area contributed by atoms with E-state index in [9.17, 15) is 4.79 Å². The van der Waals surface area contributed by atoms with Crippen LogP contribution in [0.15, 0.2) is 28.7 Å². The van der Waals surface area contributed by atoms with Crippen molar-refractivity contribution in [3.63, 3.8) is 0 Å². The van der Waals surface area contributed by atoms with E-state index in [2.05, 4.69) is 0 Å². The van der Waals surface area contributed by atoms with Crippen molar-refractivity contribution in [2.75, 3.05) is 6.61 Å². The number of furan rings is 1. The number of carbonyl (C=O) groups excluding carboxylic acids is 1. The minimum atomic E-state index is -0.799. The van der Waals surface area contributed by atoms with Crippen molar-refractivity contribution in [1.29, 1.82) is 0 Å². The van der Waals surface area contributed by atoms with Gasteiger partial charge in [0.15, 0.2) is 5.76 Å². The van der Waals surface area contributed by atoms with E-state index < -0.39 is 5.60 Å². The van der Waals surface area contributed by atoms with Crippen molar-refractivity contribution in [3.8, 4) is 0 Å². The van der Waals surface area contributed by atoms with E-state index >= 15 is 0 Å². The molecule has 0 atom stereocenters. The first kappa shape index (κ1) is 15.1. The molecule has 2 rings (SSSR count). The lowest BCUT2D eigenvalue weighted by atomic mass is 9.90. The van der Waals surface area contributed by atoms with Crippen LogP contribution in [0.1, 0.15) is 44.2 Å². The Bertz CT molecular complexity index is 611. The van der Waals surface area contributed by atoms with Crippen molar-refractivity contribution in [2.45, 2.75) is 39.2 Å². The van der Waals surface area contributed by atoms with Crippen LogP contribution in [0.25, 0.3) is 11.0 Å². The van der Waals surface area contributed by atoms with E-state index in [1.165, 1.54) is 0 Å². The van der Waals surface area contributed by atoms with Crippen LogP contribution in [0.4, 0.5) is 0 Å². The average molecular weight is 295 g/mol. The second-order valence-corrected chi connectivity index (χ2v) is 5.19. The van der Waals surface area contributed by atoms with Crippen LogP contribution < -0.4 is 0 Å². The summed E-state index contributed by atoms with van der Waals surface area (Å²) in [5.74, 6) is 0.232. The second-order valence-electron chi connectivity index (χ2n) is 4.76. The fourth-order valence-corrected chi connectivity index (χ4v) is 2.65. The molecule has 0 saturated heterocycles. The molecule has 0 aliphatic carbocycles. The van der Waals surface area contributed by atoms with Gasteiger partial charge in [-0.3, -0.25) is 4.79 Å². The third-order valence-corrected chi connectivity index (χ3v) is 3.91. The average Bonchev–Trinajstić information content (AvgIpc) is 2.87. The van der Waals surface area contributed by atoms with Gasteiger partial charge in [0.05, 0.1) is 0 Å². The van der Waals surface area contributed by atoms with Crippen LogP contribution >= 0.6 is 11.6 Å². The molecule has 0 aliphatic rings. The van der Waals surface area contributed by atoms with Crippen LogP contribution in [-0.2, 0) is 4.74 Å². The summed E-state index contributed by atoms with van der Waals surface area (Å²) in [6.45, 7) is 6.30. The molecule has 108 valence electrons. The third-order valence-electron chi connectivity index (χ3n) is 3.68. The third kappa shape index (κ3) is 2.60. The minimum Gasteiger partial charge on any atom is -0.453 e. The monoisotopic (exact) mass is 294 g/mol. The van der Waals surface area contributed by atoms with Crippen LogP contribution in [0.2, 0.25) is 5.02 Å². The lowest BCUT2D eigenvalue weighted by Gasteiger charge is -2.28.